The molecule has 0 N–H and O–H groups in total. The van der Waals surface area contributed by atoms with Crippen molar-refractivity contribution in [1.82, 2.24) is 10.0 Å². The fourth-order valence-corrected chi connectivity index (χ4v) is 4.49. The molecule has 2 aromatic rings. The zero-order chi connectivity index (χ0) is 23.0. The quantitative estimate of drug-likeness (QED) is 0.295. The van der Waals surface area contributed by atoms with Crippen LogP contribution in [0.4, 0.5) is 5.69 Å². The van der Waals surface area contributed by atoms with Crippen LogP contribution in [0.5, 0.6) is 0 Å². The first-order valence-electron chi connectivity index (χ1n) is 10.1. The van der Waals surface area contributed by atoms with Crippen molar-refractivity contribution in [3.8, 4) is 0 Å². The van der Waals surface area contributed by atoms with Gasteiger partial charge in [0.25, 0.3) is 23.4 Å². The van der Waals surface area contributed by atoms with Crippen molar-refractivity contribution in [3.63, 3.8) is 0 Å². The molecule has 1 aliphatic heterocycles. The van der Waals surface area contributed by atoms with E-state index in [1.807, 2.05) is 19.1 Å². The number of carbonyl (C=O) groups excluding carboxylic acids is 3. The monoisotopic (exact) mass is 453 g/mol. The Morgan fingerprint density at radius 3 is 2.47 bits per heavy atom. The van der Waals surface area contributed by atoms with Crippen molar-refractivity contribution in [3.05, 3.63) is 86.9 Å². The number of allylic oxidation sites excluding steroid dienone is 2. The molecule has 9 heteroatoms. The van der Waals surface area contributed by atoms with Gasteiger partial charge in [0.15, 0.2) is 0 Å². The second kappa shape index (κ2) is 8.55. The lowest BCUT2D eigenvalue weighted by Gasteiger charge is -2.31. The number of hydrogen-bond acceptors (Lipinski definition) is 5. The van der Waals surface area contributed by atoms with E-state index in [1.54, 1.807) is 18.2 Å². The molecule has 0 bridgehead atoms. The first-order chi connectivity index (χ1) is 15.3. The minimum absolute atomic E-state index is 0.100. The smallest absolute Gasteiger partial charge is 0.272 e. The summed E-state index contributed by atoms with van der Waals surface area (Å²) < 4.78 is 0. The SMILES string of the molecule is C[C@@H]1C=CC[C@H]2C(=O)N(N(Cc3ccc([N+](=O)[O-])cc3)C(=O)c3ccccc3Cl)C(=O)[C@H]12. The number of hydrazine groups is 1. The van der Waals surface area contributed by atoms with Gasteiger partial charge in [-0.1, -0.05) is 54.9 Å². The van der Waals surface area contributed by atoms with E-state index in [2.05, 4.69) is 0 Å². The fraction of sp³-hybridized carbons (Fsp3) is 0.261. The Morgan fingerprint density at radius 2 is 1.84 bits per heavy atom. The van der Waals surface area contributed by atoms with Crippen LogP contribution in [0.25, 0.3) is 0 Å². The van der Waals surface area contributed by atoms with Crippen LogP contribution in [0.3, 0.4) is 0 Å². The van der Waals surface area contributed by atoms with Gasteiger partial charge in [-0.2, -0.15) is 5.01 Å². The van der Waals surface area contributed by atoms with Crippen LogP contribution in [0.15, 0.2) is 60.7 Å². The lowest BCUT2D eigenvalue weighted by molar-refractivity contribution is -0.384. The van der Waals surface area contributed by atoms with Crippen LogP contribution >= 0.6 is 11.6 Å². The highest BCUT2D eigenvalue weighted by Crippen LogP contribution is 2.39. The predicted octanol–water partition coefficient (Wildman–Crippen LogP) is 4.00. The molecule has 1 saturated heterocycles. The van der Waals surface area contributed by atoms with Crippen molar-refractivity contribution in [2.75, 3.05) is 0 Å². The minimum Gasteiger partial charge on any atom is -0.272 e. The minimum atomic E-state index is -0.602. The van der Waals surface area contributed by atoms with Crippen LogP contribution in [-0.2, 0) is 16.1 Å². The molecule has 0 saturated carbocycles. The van der Waals surface area contributed by atoms with E-state index >= 15 is 0 Å². The largest absolute Gasteiger partial charge is 0.274 e. The van der Waals surface area contributed by atoms with Gasteiger partial charge in [-0.3, -0.25) is 24.5 Å². The molecule has 2 aliphatic rings. The van der Waals surface area contributed by atoms with Crippen molar-refractivity contribution >= 4 is 35.0 Å². The highest BCUT2D eigenvalue weighted by atomic mass is 35.5. The number of amides is 3. The van der Waals surface area contributed by atoms with Crippen LogP contribution in [0.2, 0.25) is 5.02 Å². The summed E-state index contributed by atoms with van der Waals surface area (Å²) in [5, 5.41) is 13.2. The van der Waals surface area contributed by atoms with Crippen molar-refractivity contribution in [2.24, 2.45) is 17.8 Å². The fourth-order valence-electron chi connectivity index (χ4n) is 4.27. The van der Waals surface area contributed by atoms with Gasteiger partial charge < -0.3 is 0 Å². The number of nitrogens with zero attached hydrogens (tertiary/aromatic N) is 3. The van der Waals surface area contributed by atoms with Gasteiger partial charge in [-0.25, -0.2) is 5.01 Å². The molecule has 1 heterocycles. The van der Waals surface area contributed by atoms with Crippen molar-refractivity contribution in [2.45, 2.75) is 19.9 Å². The number of rotatable bonds is 5. The summed E-state index contributed by atoms with van der Waals surface area (Å²) in [6.45, 7) is 1.75. The van der Waals surface area contributed by atoms with E-state index in [4.69, 9.17) is 11.6 Å². The first kappa shape index (κ1) is 21.7. The van der Waals surface area contributed by atoms with E-state index in [1.165, 1.54) is 30.3 Å². The summed E-state index contributed by atoms with van der Waals surface area (Å²) in [4.78, 5) is 50.5. The summed E-state index contributed by atoms with van der Waals surface area (Å²) in [7, 11) is 0. The number of fused-ring (bicyclic) bond motifs is 1. The second-order valence-electron chi connectivity index (χ2n) is 7.91. The van der Waals surface area contributed by atoms with Crippen molar-refractivity contribution < 1.29 is 19.3 Å². The predicted molar refractivity (Wildman–Crippen MR) is 116 cm³/mol. The van der Waals surface area contributed by atoms with E-state index in [9.17, 15) is 24.5 Å². The zero-order valence-corrected chi connectivity index (χ0v) is 17.9. The number of carbonyl (C=O) groups is 3. The highest BCUT2D eigenvalue weighted by Gasteiger charge is 2.53. The Balaban J connectivity index is 1.73. The Labute approximate surface area is 189 Å². The molecule has 3 amide bonds. The molecule has 0 spiro atoms. The maximum Gasteiger partial charge on any atom is 0.274 e. The van der Waals surface area contributed by atoms with E-state index in [0.717, 1.165) is 10.0 Å². The van der Waals surface area contributed by atoms with E-state index < -0.39 is 34.5 Å². The third kappa shape index (κ3) is 3.78. The number of imide groups is 1. The first-order valence-corrected chi connectivity index (χ1v) is 10.5. The zero-order valence-electron chi connectivity index (χ0n) is 17.2. The van der Waals surface area contributed by atoms with Gasteiger partial charge >= 0.3 is 0 Å². The van der Waals surface area contributed by atoms with Crippen molar-refractivity contribution in [1.29, 1.82) is 0 Å². The van der Waals surface area contributed by atoms with Gasteiger partial charge in [0.2, 0.25) is 0 Å². The number of benzene rings is 2. The molecule has 4 rings (SSSR count). The van der Waals surface area contributed by atoms with E-state index in [0.29, 0.717) is 12.0 Å². The molecule has 2 aromatic carbocycles. The summed E-state index contributed by atoms with van der Waals surface area (Å²) in [6.07, 6.45) is 4.23. The van der Waals surface area contributed by atoms with Crippen LogP contribution in [0, 0.1) is 27.9 Å². The van der Waals surface area contributed by atoms with Gasteiger partial charge in [0.1, 0.15) is 0 Å². The maximum atomic E-state index is 13.5. The highest BCUT2D eigenvalue weighted by molar-refractivity contribution is 6.33. The molecule has 0 unspecified atom stereocenters. The van der Waals surface area contributed by atoms with Crippen LogP contribution in [0.1, 0.15) is 29.3 Å². The summed E-state index contributed by atoms with van der Waals surface area (Å²) in [5.74, 6) is -2.66. The molecule has 0 radical (unpaired) electrons. The van der Waals surface area contributed by atoms with Crippen LogP contribution in [-0.4, -0.2) is 32.7 Å². The van der Waals surface area contributed by atoms with Gasteiger partial charge in [-0.05, 0) is 30.0 Å². The molecule has 8 nitrogen and oxygen atoms in total. The molecule has 1 aliphatic carbocycles. The standard InChI is InChI=1S/C23H20ClN3O5/c1-14-5-4-7-18-20(14)23(30)26(22(18)29)25(21(28)17-6-2-3-8-19(17)24)13-15-9-11-16(12-10-15)27(31)32/h2-6,8-12,14,18,20H,7,13H2,1H3/t14-,18-,20-/m1/s1. The summed E-state index contributed by atoms with van der Waals surface area (Å²) >= 11 is 6.23. The molecule has 164 valence electrons. The Hall–Kier alpha value is -3.52. The number of nitro benzene ring substituents is 1. The normalized spacial score (nSPS) is 22.1. The third-order valence-electron chi connectivity index (χ3n) is 5.91. The lowest BCUT2D eigenvalue weighted by atomic mass is 9.78. The Kier molecular flexibility index (Phi) is 5.80. The number of halogens is 1. The average molecular weight is 454 g/mol. The topological polar surface area (TPSA) is 101 Å². The molecule has 0 aromatic heterocycles. The molecule has 3 atom stereocenters. The number of hydrogen-bond donors (Lipinski definition) is 0. The van der Waals surface area contributed by atoms with Crippen LogP contribution < -0.4 is 0 Å². The second-order valence-corrected chi connectivity index (χ2v) is 8.32. The van der Waals surface area contributed by atoms with E-state index in [-0.39, 0.29) is 28.7 Å². The summed E-state index contributed by atoms with van der Waals surface area (Å²) in [6, 6.07) is 12.0. The Morgan fingerprint density at radius 1 is 1.16 bits per heavy atom. The van der Waals surface area contributed by atoms with Gasteiger partial charge in [0, 0.05) is 12.1 Å². The number of nitro groups is 1. The summed E-state index contributed by atoms with van der Waals surface area (Å²) in [5.41, 5.74) is 0.576. The molecule has 1 fully saturated rings. The number of non-ortho nitro benzene ring substituents is 1. The third-order valence-corrected chi connectivity index (χ3v) is 6.24. The maximum absolute atomic E-state index is 13.5. The lowest BCUT2D eigenvalue weighted by Crippen LogP contribution is -2.50. The van der Waals surface area contributed by atoms with Gasteiger partial charge in [0.05, 0.1) is 33.9 Å². The average Bonchev–Trinajstić information content (AvgIpc) is 3.03. The van der Waals surface area contributed by atoms with Gasteiger partial charge in [-0.15, -0.1) is 0 Å². The molecule has 32 heavy (non-hydrogen) atoms. The molecular weight excluding hydrogens is 434 g/mol. The Bertz CT molecular complexity index is 1130. The molecular formula is C23H20ClN3O5.